The molecule has 1 aromatic rings. The molecule has 0 aliphatic rings. The predicted molar refractivity (Wildman–Crippen MR) is 43.4 cm³/mol. The molecule has 0 saturated carbocycles. The van der Waals surface area contributed by atoms with Gasteiger partial charge in [-0.25, -0.2) is 4.98 Å². The highest BCUT2D eigenvalue weighted by atomic mass is 32.1. The molecule has 0 radical (unpaired) electrons. The van der Waals surface area contributed by atoms with Crippen LogP contribution in [0.3, 0.4) is 0 Å². The van der Waals surface area contributed by atoms with Crippen molar-refractivity contribution in [3.05, 3.63) is 6.33 Å². The summed E-state index contributed by atoms with van der Waals surface area (Å²) < 4.78 is 3.75. The Labute approximate surface area is 68.8 Å². The monoisotopic (exact) mass is 171 g/mol. The van der Waals surface area contributed by atoms with E-state index in [1.807, 2.05) is 6.92 Å². The Morgan fingerprint density at radius 2 is 2.64 bits per heavy atom. The van der Waals surface area contributed by atoms with E-state index in [1.54, 1.807) is 0 Å². The molecule has 1 amide bonds. The SMILES string of the molecule is CCCC(=O)Nc1ncns1. The van der Waals surface area contributed by atoms with Gasteiger partial charge in [0.05, 0.1) is 0 Å². The smallest absolute Gasteiger partial charge is 0.226 e. The van der Waals surface area contributed by atoms with Gasteiger partial charge in [0.2, 0.25) is 11.0 Å². The summed E-state index contributed by atoms with van der Waals surface area (Å²) in [6.45, 7) is 1.96. The first-order chi connectivity index (χ1) is 5.33. The second-order valence-electron chi connectivity index (χ2n) is 2.04. The molecule has 0 aliphatic carbocycles. The largest absolute Gasteiger partial charge is 0.301 e. The van der Waals surface area contributed by atoms with Crippen LogP contribution < -0.4 is 5.32 Å². The maximum atomic E-state index is 10.9. The average Bonchev–Trinajstić information content (AvgIpc) is 2.40. The quantitative estimate of drug-likeness (QED) is 0.745. The molecule has 1 heterocycles. The van der Waals surface area contributed by atoms with Crippen molar-refractivity contribution in [2.24, 2.45) is 0 Å². The first-order valence-electron chi connectivity index (χ1n) is 3.39. The van der Waals surface area contributed by atoms with E-state index < -0.39 is 0 Å². The van der Waals surface area contributed by atoms with E-state index in [2.05, 4.69) is 14.7 Å². The summed E-state index contributed by atoms with van der Waals surface area (Å²) in [5, 5.41) is 3.20. The van der Waals surface area contributed by atoms with Crippen molar-refractivity contribution in [3.8, 4) is 0 Å². The minimum absolute atomic E-state index is 0.00394. The number of amides is 1. The first-order valence-corrected chi connectivity index (χ1v) is 4.16. The fourth-order valence-corrected chi connectivity index (χ4v) is 1.08. The van der Waals surface area contributed by atoms with E-state index in [4.69, 9.17) is 0 Å². The lowest BCUT2D eigenvalue weighted by molar-refractivity contribution is -0.116. The Kier molecular flexibility index (Phi) is 2.97. The van der Waals surface area contributed by atoms with Crippen LogP contribution in [0.4, 0.5) is 5.13 Å². The van der Waals surface area contributed by atoms with Crippen molar-refractivity contribution in [3.63, 3.8) is 0 Å². The zero-order chi connectivity index (χ0) is 8.10. The van der Waals surface area contributed by atoms with Crippen molar-refractivity contribution in [1.82, 2.24) is 9.36 Å². The summed E-state index contributed by atoms with van der Waals surface area (Å²) in [7, 11) is 0. The predicted octanol–water partition coefficient (Wildman–Crippen LogP) is 1.28. The zero-order valence-electron chi connectivity index (χ0n) is 6.20. The number of carbonyl (C=O) groups is 1. The van der Waals surface area contributed by atoms with Crippen LogP contribution in [-0.2, 0) is 4.79 Å². The summed E-state index contributed by atoms with van der Waals surface area (Å²) >= 11 is 1.18. The van der Waals surface area contributed by atoms with Gasteiger partial charge >= 0.3 is 0 Å². The number of hydrogen-bond acceptors (Lipinski definition) is 4. The van der Waals surface area contributed by atoms with Crippen LogP contribution in [0, 0.1) is 0 Å². The summed E-state index contributed by atoms with van der Waals surface area (Å²) in [6.07, 6.45) is 2.82. The summed E-state index contributed by atoms with van der Waals surface area (Å²) in [6, 6.07) is 0. The maximum absolute atomic E-state index is 10.9. The molecule has 0 fully saturated rings. The van der Waals surface area contributed by atoms with Crippen molar-refractivity contribution >= 4 is 22.6 Å². The molecule has 0 atom stereocenters. The topological polar surface area (TPSA) is 54.9 Å². The van der Waals surface area contributed by atoms with Crippen molar-refractivity contribution in [1.29, 1.82) is 0 Å². The van der Waals surface area contributed by atoms with Gasteiger partial charge in [0.15, 0.2) is 0 Å². The summed E-state index contributed by atoms with van der Waals surface area (Å²) in [5.74, 6) is 0.00394. The third kappa shape index (κ3) is 2.63. The maximum Gasteiger partial charge on any atom is 0.226 e. The van der Waals surface area contributed by atoms with E-state index >= 15 is 0 Å². The number of hydrogen-bond donors (Lipinski definition) is 1. The molecule has 1 rings (SSSR count). The summed E-state index contributed by atoms with van der Waals surface area (Å²) in [4.78, 5) is 14.8. The number of nitrogens with one attached hydrogen (secondary N) is 1. The third-order valence-electron chi connectivity index (χ3n) is 1.08. The van der Waals surface area contributed by atoms with Gasteiger partial charge in [-0.1, -0.05) is 6.92 Å². The van der Waals surface area contributed by atoms with E-state index in [0.29, 0.717) is 11.6 Å². The Bertz CT molecular complexity index is 222. The molecule has 1 N–H and O–H groups in total. The minimum atomic E-state index is 0.00394. The Morgan fingerprint density at radius 3 is 3.18 bits per heavy atom. The highest BCUT2D eigenvalue weighted by Crippen LogP contribution is 2.06. The molecular formula is C6H9N3OS. The van der Waals surface area contributed by atoms with Gasteiger partial charge < -0.3 is 5.32 Å². The minimum Gasteiger partial charge on any atom is -0.301 e. The third-order valence-corrected chi connectivity index (χ3v) is 1.66. The number of aromatic nitrogens is 2. The number of nitrogens with zero attached hydrogens (tertiary/aromatic N) is 2. The average molecular weight is 171 g/mol. The van der Waals surface area contributed by atoms with E-state index in [1.165, 1.54) is 17.9 Å². The van der Waals surface area contributed by atoms with Crippen molar-refractivity contribution < 1.29 is 4.79 Å². The molecule has 60 valence electrons. The normalized spacial score (nSPS) is 9.55. The lowest BCUT2D eigenvalue weighted by atomic mass is 10.3. The molecule has 5 heteroatoms. The van der Waals surface area contributed by atoms with Crippen molar-refractivity contribution in [2.75, 3.05) is 5.32 Å². The van der Waals surface area contributed by atoms with Crippen LogP contribution in [0.5, 0.6) is 0 Å². The van der Waals surface area contributed by atoms with Gasteiger partial charge in [-0.3, -0.25) is 4.79 Å². The van der Waals surface area contributed by atoms with Gasteiger partial charge in [0.1, 0.15) is 6.33 Å². The fraction of sp³-hybridized carbons (Fsp3) is 0.500. The van der Waals surface area contributed by atoms with Gasteiger partial charge in [-0.05, 0) is 6.42 Å². The van der Waals surface area contributed by atoms with Crippen LogP contribution in [0.15, 0.2) is 6.33 Å². The van der Waals surface area contributed by atoms with E-state index in [0.717, 1.165) is 6.42 Å². The Hall–Kier alpha value is -0.970. The van der Waals surface area contributed by atoms with E-state index in [9.17, 15) is 4.79 Å². The number of rotatable bonds is 3. The molecule has 0 spiro atoms. The first kappa shape index (κ1) is 8.13. The van der Waals surface area contributed by atoms with Crippen LogP contribution in [0.2, 0.25) is 0 Å². The fourth-order valence-electron chi connectivity index (χ4n) is 0.637. The number of anilines is 1. The van der Waals surface area contributed by atoms with Crippen LogP contribution in [0.1, 0.15) is 19.8 Å². The zero-order valence-corrected chi connectivity index (χ0v) is 7.02. The highest BCUT2D eigenvalue weighted by Gasteiger charge is 2.01. The van der Waals surface area contributed by atoms with Gasteiger partial charge in [0.25, 0.3) is 0 Å². The molecule has 0 bridgehead atoms. The van der Waals surface area contributed by atoms with Crippen LogP contribution >= 0.6 is 11.5 Å². The lowest BCUT2D eigenvalue weighted by Crippen LogP contribution is -2.09. The highest BCUT2D eigenvalue weighted by molar-refractivity contribution is 7.09. The molecule has 0 aliphatic heterocycles. The molecule has 0 saturated heterocycles. The van der Waals surface area contributed by atoms with Gasteiger partial charge in [0, 0.05) is 18.0 Å². The lowest BCUT2D eigenvalue weighted by Gasteiger charge is -1.96. The Balaban J connectivity index is 2.37. The molecular weight excluding hydrogens is 162 g/mol. The second kappa shape index (κ2) is 4.02. The molecule has 0 unspecified atom stereocenters. The van der Waals surface area contributed by atoms with Crippen molar-refractivity contribution in [2.45, 2.75) is 19.8 Å². The van der Waals surface area contributed by atoms with Gasteiger partial charge in [-0.2, -0.15) is 4.37 Å². The van der Waals surface area contributed by atoms with Crippen LogP contribution in [0.25, 0.3) is 0 Å². The standard InChI is InChI=1S/C6H9N3OS/c1-2-3-5(10)9-6-7-4-8-11-6/h4H,2-3H2,1H3,(H,7,8,9,10). The molecule has 1 aromatic heterocycles. The molecule has 4 nitrogen and oxygen atoms in total. The van der Waals surface area contributed by atoms with Crippen LogP contribution in [-0.4, -0.2) is 15.3 Å². The number of carbonyl (C=O) groups excluding carboxylic acids is 1. The van der Waals surface area contributed by atoms with E-state index in [-0.39, 0.29) is 5.91 Å². The molecule has 11 heavy (non-hydrogen) atoms. The molecule has 0 aromatic carbocycles. The summed E-state index contributed by atoms with van der Waals surface area (Å²) in [5.41, 5.74) is 0. The van der Waals surface area contributed by atoms with Gasteiger partial charge in [-0.15, -0.1) is 0 Å². The Morgan fingerprint density at radius 1 is 1.82 bits per heavy atom. The second-order valence-corrected chi connectivity index (χ2v) is 2.82.